The Bertz CT molecular complexity index is 895. The van der Waals surface area contributed by atoms with Crippen molar-refractivity contribution in [2.24, 2.45) is 0 Å². The smallest absolute Gasteiger partial charge is 0.315 e. The van der Waals surface area contributed by atoms with Crippen molar-refractivity contribution >= 4 is 22.0 Å². The lowest BCUT2D eigenvalue weighted by Gasteiger charge is -2.17. The Morgan fingerprint density at radius 3 is 2.41 bits per heavy atom. The van der Waals surface area contributed by atoms with E-state index < -0.39 is 22.0 Å². The van der Waals surface area contributed by atoms with E-state index in [1.54, 1.807) is 12.1 Å². The quantitative estimate of drug-likeness (QED) is 0.546. The summed E-state index contributed by atoms with van der Waals surface area (Å²) in [7, 11) is -3.70. The normalized spacial score (nSPS) is 12.1. The fraction of sp³-hybridized carbons (Fsp3) is 0.263. The number of carbonyl (C=O) groups is 2. The summed E-state index contributed by atoms with van der Waals surface area (Å²) in [5.74, 6) is -1.55. The maximum atomic E-state index is 12.6. The average molecular weight is 391 g/mol. The average Bonchev–Trinajstić information content (AvgIpc) is 2.59. The molecule has 0 aromatic heterocycles. The van der Waals surface area contributed by atoms with Crippen molar-refractivity contribution in [2.75, 3.05) is 12.8 Å². The molecule has 1 unspecified atom stereocenters. The maximum Gasteiger partial charge on any atom is 0.315 e. The molecule has 0 aliphatic carbocycles. The van der Waals surface area contributed by atoms with E-state index in [-0.39, 0.29) is 24.8 Å². The SMILES string of the molecule is CC(=O)NCC(C(=O)OCc1ccccc1)c1cccc(OS(C)(=O)=O)c1. The van der Waals surface area contributed by atoms with Crippen LogP contribution in [-0.2, 0) is 31.1 Å². The Kier molecular flexibility index (Phi) is 6.95. The number of nitrogens with one attached hydrogen (secondary N) is 1. The van der Waals surface area contributed by atoms with Gasteiger partial charge in [0.1, 0.15) is 12.4 Å². The predicted molar refractivity (Wildman–Crippen MR) is 99.6 cm³/mol. The zero-order chi connectivity index (χ0) is 19.9. The summed E-state index contributed by atoms with van der Waals surface area (Å²) >= 11 is 0. The van der Waals surface area contributed by atoms with Gasteiger partial charge in [-0.15, -0.1) is 0 Å². The number of hydrogen-bond donors (Lipinski definition) is 1. The Hall–Kier alpha value is -2.87. The first-order valence-electron chi connectivity index (χ1n) is 8.19. The largest absolute Gasteiger partial charge is 0.460 e. The van der Waals surface area contributed by atoms with Crippen LogP contribution >= 0.6 is 0 Å². The van der Waals surface area contributed by atoms with Gasteiger partial charge in [-0.3, -0.25) is 9.59 Å². The van der Waals surface area contributed by atoms with Crippen LogP contribution in [0.5, 0.6) is 5.75 Å². The van der Waals surface area contributed by atoms with Crippen molar-refractivity contribution in [1.29, 1.82) is 0 Å². The molecule has 144 valence electrons. The molecule has 1 amide bonds. The third-order valence-corrected chi connectivity index (χ3v) is 4.07. The topological polar surface area (TPSA) is 98.8 Å². The zero-order valence-corrected chi connectivity index (χ0v) is 15.9. The van der Waals surface area contributed by atoms with E-state index in [2.05, 4.69) is 5.32 Å². The molecule has 0 aliphatic heterocycles. The van der Waals surface area contributed by atoms with Crippen molar-refractivity contribution < 1.29 is 26.9 Å². The van der Waals surface area contributed by atoms with Gasteiger partial charge >= 0.3 is 16.1 Å². The van der Waals surface area contributed by atoms with Gasteiger partial charge in [0.15, 0.2) is 0 Å². The maximum absolute atomic E-state index is 12.6. The van der Waals surface area contributed by atoms with E-state index in [4.69, 9.17) is 8.92 Å². The Morgan fingerprint density at radius 1 is 1.07 bits per heavy atom. The third kappa shape index (κ3) is 7.10. The second-order valence-corrected chi connectivity index (χ2v) is 7.52. The summed E-state index contributed by atoms with van der Waals surface area (Å²) in [6.07, 6.45) is 0.933. The first-order chi connectivity index (χ1) is 12.7. The van der Waals surface area contributed by atoms with Crippen molar-refractivity contribution in [1.82, 2.24) is 5.32 Å². The third-order valence-electron chi connectivity index (χ3n) is 3.57. The standard InChI is InChI=1S/C19H21NO6S/c1-14(21)20-12-18(19(22)25-13-15-7-4-3-5-8-15)16-9-6-10-17(11-16)26-27(2,23)24/h3-11,18H,12-13H2,1-2H3,(H,20,21). The van der Waals surface area contributed by atoms with E-state index in [9.17, 15) is 18.0 Å². The van der Waals surface area contributed by atoms with Crippen LogP contribution in [0.15, 0.2) is 54.6 Å². The summed E-state index contributed by atoms with van der Waals surface area (Å²) < 4.78 is 32.9. The summed E-state index contributed by atoms with van der Waals surface area (Å²) in [6, 6.07) is 15.3. The minimum Gasteiger partial charge on any atom is -0.460 e. The second kappa shape index (κ2) is 9.18. The van der Waals surface area contributed by atoms with Gasteiger partial charge in [-0.05, 0) is 23.3 Å². The molecule has 1 atom stereocenters. The molecule has 0 saturated heterocycles. The van der Waals surface area contributed by atoms with Gasteiger partial charge < -0.3 is 14.2 Å². The Balaban J connectivity index is 2.18. The number of esters is 1. The highest BCUT2D eigenvalue weighted by Gasteiger charge is 2.23. The second-order valence-electron chi connectivity index (χ2n) is 5.94. The van der Waals surface area contributed by atoms with Gasteiger partial charge in [0, 0.05) is 13.5 Å². The van der Waals surface area contributed by atoms with Crippen LogP contribution in [0.1, 0.15) is 24.0 Å². The van der Waals surface area contributed by atoms with E-state index in [0.29, 0.717) is 5.56 Å². The first-order valence-corrected chi connectivity index (χ1v) is 10.0. The van der Waals surface area contributed by atoms with Gasteiger partial charge in [0.2, 0.25) is 5.91 Å². The summed E-state index contributed by atoms with van der Waals surface area (Å²) in [5, 5.41) is 2.59. The summed E-state index contributed by atoms with van der Waals surface area (Å²) in [4.78, 5) is 23.9. The van der Waals surface area contributed by atoms with Crippen molar-refractivity contribution in [3.05, 3.63) is 65.7 Å². The lowest BCUT2D eigenvalue weighted by Crippen LogP contribution is -2.31. The van der Waals surface area contributed by atoms with Gasteiger partial charge in [0.25, 0.3) is 0 Å². The number of benzene rings is 2. The molecule has 0 radical (unpaired) electrons. The lowest BCUT2D eigenvalue weighted by atomic mass is 9.99. The number of carbonyl (C=O) groups excluding carboxylic acids is 2. The molecule has 7 nitrogen and oxygen atoms in total. The van der Waals surface area contributed by atoms with Crippen LogP contribution in [-0.4, -0.2) is 33.1 Å². The van der Waals surface area contributed by atoms with Gasteiger partial charge in [-0.2, -0.15) is 8.42 Å². The molecular weight excluding hydrogens is 370 g/mol. The monoisotopic (exact) mass is 391 g/mol. The van der Waals surface area contributed by atoms with E-state index in [1.165, 1.54) is 19.1 Å². The molecule has 0 fully saturated rings. The minimum absolute atomic E-state index is 0.0191. The summed E-state index contributed by atoms with van der Waals surface area (Å²) in [6.45, 7) is 1.45. The number of ether oxygens (including phenoxy) is 1. The van der Waals surface area contributed by atoms with E-state index in [1.807, 2.05) is 30.3 Å². The molecule has 0 aliphatic rings. The molecule has 8 heteroatoms. The van der Waals surface area contributed by atoms with Gasteiger partial charge in [-0.1, -0.05) is 42.5 Å². The first kappa shape index (κ1) is 20.4. The molecule has 0 saturated carbocycles. The molecule has 2 aromatic carbocycles. The Morgan fingerprint density at radius 2 is 1.78 bits per heavy atom. The molecular formula is C19H21NO6S. The lowest BCUT2D eigenvalue weighted by molar-refractivity contribution is -0.146. The van der Waals surface area contributed by atoms with Crippen LogP contribution < -0.4 is 9.50 Å². The predicted octanol–water partition coefficient (Wildman–Crippen LogP) is 1.99. The molecule has 0 spiro atoms. The fourth-order valence-corrected chi connectivity index (χ4v) is 2.82. The van der Waals surface area contributed by atoms with Crippen molar-refractivity contribution in [3.63, 3.8) is 0 Å². The van der Waals surface area contributed by atoms with Gasteiger partial charge in [-0.25, -0.2) is 0 Å². The minimum atomic E-state index is -3.70. The van der Waals surface area contributed by atoms with Crippen LogP contribution in [0, 0.1) is 0 Å². The molecule has 1 N–H and O–H groups in total. The molecule has 0 bridgehead atoms. The van der Waals surface area contributed by atoms with Crippen molar-refractivity contribution in [3.8, 4) is 5.75 Å². The van der Waals surface area contributed by atoms with Crippen LogP contribution in [0.2, 0.25) is 0 Å². The molecule has 2 aromatic rings. The summed E-state index contributed by atoms with van der Waals surface area (Å²) in [5.41, 5.74) is 1.31. The van der Waals surface area contributed by atoms with Crippen LogP contribution in [0.25, 0.3) is 0 Å². The molecule has 0 heterocycles. The highest BCUT2D eigenvalue weighted by Crippen LogP contribution is 2.23. The van der Waals surface area contributed by atoms with E-state index >= 15 is 0 Å². The fourth-order valence-electron chi connectivity index (χ4n) is 2.37. The highest BCUT2D eigenvalue weighted by molar-refractivity contribution is 7.86. The van der Waals surface area contributed by atoms with Crippen LogP contribution in [0.4, 0.5) is 0 Å². The number of amides is 1. The Labute approximate surface area is 158 Å². The van der Waals surface area contributed by atoms with Crippen molar-refractivity contribution in [2.45, 2.75) is 19.4 Å². The molecule has 2 rings (SSSR count). The van der Waals surface area contributed by atoms with Gasteiger partial charge in [0.05, 0.1) is 12.2 Å². The zero-order valence-electron chi connectivity index (χ0n) is 15.0. The number of rotatable bonds is 8. The highest BCUT2D eigenvalue weighted by atomic mass is 32.2. The molecule has 27 heavy (non-hydrogen) atoms. The van der Waals surface area contributed by atoms with Crippen LogP contribution in [0.3, 0.4) is 0 Å². The number of hydrogen-bond acceptors (Lipinski definition) is 6. The van der Waals surface area contributed by atoms with E-state index in [0.717, 1.165) is 11.8 Å².